The van der Waals surface area contributed by atoms with Crippen LogP contribution in [0.25, 0.3) is 0 Å². The van der Waals surface area contributed by atoms with Crippen molar-refractivity contribution in [3.8, 4) is 0 Å². The largest absolute Gasteiger partial charge is 0.354 e. The summed E-state index contributed by atoms with van der Waals surface area (Å²) >= 11 is 6.01. The molecule has 2 N–H and O–H groups in total. The van der Waals surface area contributed by atoms with E-state index < -0.39 is 0 Å². The van der Waals surface area contributed by atoms with Gasteiger partial charge in [0.05, 0.1) is 0 Å². The quantitative estimate of drug-likeness (QED) is 0.487. The summed E-state index contributed by atoms with van der Waals surface area (Å²) in [5.74, 6) is 1.07. The maximum Gasteiger partial charge on any atom is 0.228 e. The summed E-state index contributed by atoms with van der Waals surface area (Å²) in [5.41, 5.74) is 0. The van der Waals surface area contributed by atoms with E-state index in [9.17, 15) is 0 Å². The van der Waals surface area contributed by atoms with Crippen molar-refractivity contribution in [2.24, 2.45) is 0 Å². The van der Waals surface area contributed by atoms with E-state index in [0.29, 0.717) is 11.9 Å². The summed E-state index contributed by atoms with van der Waals surface area (Å²) < 4.78 is 0. The molecule has 0 fully saturated rings. The molecule has 8 heteroatoms. The van der Waals surface area contributed by atoms with Crippen molar-refractivity contribution in [2.75, 3.05) is 63.0 Å². The molecule has 1 rings (SSSR count). The van der Waals surface area contributed by atoms with Crippen molar-refractivity contribution in [3.63, 3.8) is 0 Å². The van der Waals surface area contributed by atoms with E-state index in [1.54, 1.807) is 0 Å². The molecule has 0 saturated carbocycles. The van der Waals surface area contributed by atoms with Gasteiger partial charge in [0.1, 0.15) is 0 Å². The lowest BCUT2D eigenvalue weighted by Crippen LogP contribution is -2.26. The molecule has 1 aromatic rings. The molecule has 25 heavy (non-hydrogen) atoms. The predicted molar refractivity (Wildman–Crippen MR) is 107 cm³/mol. The fraction of sp³-hybridized carbons (Fsp3) is 0.824. The molecule has 0 unspecified atom stereocenters. The minimum Gasteiger partial charge on any atom is -0.354 e. The molecule has 0 amide bonds. The number of nitrogens with zero attached hydrogens (tertiary/aromatic N) is 5. The number of aromatic nitrogens is 3. The number of halogens is 1. The summed E-state index contributed by atoms with van der Waals surface area (Å²) in [6, 6.07) is 0. The molecule has 0 saturated heterocycles. The fourth-order valence-electron chi connectivity index (χ4n) is 2.59. The van der Waals surface area contributed by atoms with E-state index in [1.165, 1.54) is 0 Å². The highest BCUT2D eigenvalue weighted by molar-refractivity contribution is 6.28. The third-order valence-electron chi connectivity index (χ3n) is 4.27. The monoisotopic (exact) mass is 371 g/mol. The zero-order valence-corrected chi connectivity index (χ0v) is 16.9. The van der Waals surface area contributed by atoms with Crippen molar-refractivity contribution in [1.82, 2.24) is 24.8 Å². The number of rotatable bonds is 14. The Bertz CT molecular complexity index is 426. The average Bonchev–Trinajstić information content (AvgIpc) is 2.61. The van der Waals surface area contributed by atoms with Crippen molar-refractivity contribution >= 4 is 23.5 Å². The first-order chi connectivity index (χ1) is 12.1. The Hall–Kier alpha value is -1.18. The summed E-state index contributed by atoms with van der Waals surface area (Å²) in [4.78, 5) is 17.5. The van der Waals surface area contributed by atoms with E-state index >= 15 is 0 Å². The minimum absolute atomic E-state index is 0.215. The molecule has 0 spiro atoms. The van der Waals surface area contributed by atoms with Gasteiger partial charge in [0.25, 0.3) is 0 Å². The van der Waals surface area contributed by atoms with Gasteiger partial charge in [-0.2, -0.15) is 15.0 Å². The number of anilines is 2. The standard InChI is InChI=1S/C17H34ClN7/c1-5-24(6-2)13-9-11-19-16-21-15(18)22-17(23-16)20-12-10-14-25(7-3)8-4/h5-14H2,1-4H3,(H2,19,20,21,22,23). The second-order valence-electron chi connectivity index (χ2n) is 5.87. The van der Waals surface area contributed by atoms with Crippen molar-refractivity contribution in [2.45, 2.75) is 40.5 Å². The Morgan fingerprint density at radius 2 is 1.12 bits per heavy atom. The van der Waals surface area contributed by atoms with E-state index in [0.717, 1.165) is 65.2 Å². The molecule has 0 radical (unpaired) electrons. The maximum atomic E-state index is 6.01. The lowest BCUT2D eigenvalue weighted by Gasteiger charge is -2.18. The number of hydrogen-bond donors (Lipinski definition) is 2. The van der Waals surface area contributed by atoms with Gasteiger partial charge >= 0.3 is 0 Å². The van der Waals surface area contributed by atoms with Crippen LogP contribution in [-0.2, 0) is 0 Å². The van der Waals surface area contributed by atoms with E-state index in [4.69, 9.17) is 11.6 Å². The molecule has 0 atom stereocenters. The second-order valence-corrected chi connectivity index (χ2v) is 6.20. The summed E-state index contributed by atoms with van der Waals surface area (Å²) in [6.45, 7) is 16.8. The van der Waals surface area contributed by atoms with Crippen LogP contribution in [-0.4, -0.2) is 77.1 Å². The van der Waals surface area contributed by atoms with Gasteiger partial charge in [0, 0.05) is 13.1 Å². The molecule has 7 nitrogen and oxygen atoms in total. The van der Waals surface area contributed by atoms with Gasteiger partial charge in [-0.25, -0.2) is 0 Å². The van der Waals surface area contributed by atoms with Gasteiger partial charge in [-0.3, -0.25) is 0 Å². The first kappa shape index (κ1) is 21.9. The second kappa shape index (κ2) is 13.1. The first-order valence-corrected chi connectivity index (χ1v) is 9.84. The van der Waals surface area contributed by atoms with Crippen LogP contribution in [0.5, 0.6) is 0 Å². The van der Waals surface area contributed by atoms with Crippen LogP contribution in [0.15, 0.2) is 0 Å². The lowest BCUT2D eigenvalue weighted by molar-refractivity contribution is 0.303. The van der Waals surface area contributed by atoms with Crippen LogP contribution >= 0.6 is 11.6 Å². The van der Waals surface area contributed by atoms with Crippen LogP contribution in [0, 0.1) is 0 Å². The summed E-state index contributed by atoms with van der Waals surface area (Å²) in [6.07, 6.45) is 2.08. The summed E-state index contributed by atoms with van der Waals surface area (Å²) in [7, 11) is 0. The molecule has 1 aromatic heterocycles. The number of nitrogens with one attached hydrogen (secondary N) is 2. The zero-order chi connectivity index (χ0) is 18.5. The maximum absolute atomic E-state index is 6.01. The molecule has 0 bridgehead atoms. The van der Waals surface area contributed by atoms with Crippen LogP contribution in [0.2, 0.25) is 5.28 Å². The van der Waals surface area contributed by atoms with Crippen LogP contribution < -0.4 is 10.6 Å². The Morgan fingerprint density at radius 3 is 1.48 bits per heavy atom. The van der Waals surface area contributed by atoms with Gasteiger partial charge in [0.15, 0.2) is 0 Å². The van der Waals surface area contributed by atoms with Crippen molar-refractivity contribution in [1.29, 1.82) is 0 Å². The third-order valence-corrected chi connectivity index (χ3v) is 4.43. The summed E-state index contributed by atoms with van der Waals surface area (Å²) in [5, 5.41) is 6.68. The highest BCUT2D eigenvalue weighted by atomic mass is 35.5. The molecule has 0 aliphatic rings. The Morgan fingerprint density at radius 1 is 0.720 bits per heavy atom. The van der Waals surface area contributed by atoms with Crippen LogP contribution in [0.4, 0.5) is 11.9 Å². The van der Waals surface area contributed by atoms with Gasteiger partial charge in [-0.05, 0) is 63.7 Å². The number of hydrogen-bond acceptors (Lipinski definition) is 7. The topological polar surface area (TPSA) is 69.2 Å². The Balaban J connectivity index is 2.37. The SMILES string of the molecule is CCN(CC)CCCNc1nc(Cl)nc(NCCCN(CC)CC)n1. The zero-order valence-electron chi connectivity index (χ0n) is 16.2. The van der Waals surface area contributed by atoms with Crippen molar-refractivity contribution < 1.29 is 0 Å². The molecule has 0 aliphatic heterocycles. The molecule has 1 heterocycles. The highest BCUT2D eigenvalue weighted by Gasteiger charge is 2.05. The molecular formula is C17H34ClN7. The first-order valence-electron chi connectivity index (χ1n) is 9.46. The predicted octanol–water partition coefficient (Wildman–Crippen LogP) is 2.81. The molecule has 0 aliphatic carbocycles. The van der Waals surface area contributed by atoms with E-state index in [1.807, 2.05) is 0 Å². The fourth-order valence-corrected chi connectivity index (χ4v) is 2.75. The lowest BCUT2D eigenvalue weighted by atomic mass is 10.3. The van der Waals surface area contributed by atoms with Crippen molar-refractivity contribution in [3.05, 3.63) is 5.28 Å². The normalized spacial score (nSPS) is 11.3. The molecule has 144 valence electrons. The smallest absolute Gasteiger partial charge is 0.228 e. The van der Waals surface area contributed by atoms with E-state index in [-0.39, 0.29) is 5.28 Å². The van der Waals surface area contributed by atoms with Gasteiger partial charge < -0.3 is 20.4 Å². The molecular weight excluding hydrogens is 338 g/mol. The van der Waals surface area contributed by atoms with Crippen LogP contribution in [0.3, 0.4) is 0 Å². The highest BCUT2D eigenvalue weighted by Crippen LogP contribution is 2.09. The van der Waals surface area contributed by atoms with E-state index in [2.05, 4.69) is 63.1 Å². The Labute approximate surface area is 157 Å². The van der Waals surface area contributed by atoms with Gasteiger partial charge in [-0.15, -0.1) is 0 Å². The van der Waals surface area contributed by atoms with Gasteiger partial charge in [0.2, 0.25) is 17.2 Å². The molecule has 0 aromatic carbocycles. The van der Waals surface area contributed by atoms with Gasteiger partial charge in [-0.1, -0.05) is 27.7 Å². The third kappa shape index (κ3) is 9.18. The average molecular weight is 372 g/mol. The van der Waals surface area contributed by atoms with Crippen LogP contribution in [0.1, 0.15) is 40.5 Å². The Kier molecular flexibility index (Phi) is 11.4. The minimum atomic E-state index is 0.215.